The lowest BCUT2D eigenvalue weighted by atomic mass is 9.79. The molecule has 2 rings (SSSR count). The largest absolute Gasteiger partial charge is 0.495 e. The van der Waals surface area contributed by atoms with Gasteiger partial charge in [0, 0.05) is 0 Å². The second-order valence-corrected chi connectivity index (χ2v) is 5.91. The van der Waals surface area contributed by atoms with Gasteiger partial charge in [-0.2, -0.15) is 0 Å². The summed E-state index contributed by atoms with van der Waals surface area (Å²) in [7, 11) is 1.62. The van der Waals surface area contributed by atoms with Crippen LogP contribution in [0.1, 0.15) is 26.7 Å². The highest BCUT2D eigenvalue weighted by molar-refractivity contribution is 5.84. The van der Waals surface area contributed by atoms with E-state index in [9.17, 15) is 4.79 Å². The summed E-state index contributed by atoms with van der Waals surface area (Å²) in [6.07, 6.45) is 4.14. The van der Waals surface area contributed by atoms with Crippen molar-refractivity contribution in [3.8, 4) is 5.75 Å². The molecule has 4 nitrogen and oxygen atoms in total. The van der Waals surface area contributed by atoms with Gasteiger partial charge in [-0.3, -0.25) is 4.79 Å². The number of hydrogen-bond acceptors (Lipinski definition) is 3. The summed E-state index contributed by atoms with van der Waals surface area (Å²) in [5, 5.41) is 3.28. The fourth-order valence-electron chi connectivity index (χ4n) is 3.20. The first-order valence-electron chi connectivity index (χ1n) is 7.37. The van der Waals surface area contributed by atoms with Crippen LogP contribution in [0.4, 0.5) is 5.69 Å². The van der Waals surface area contributed by atoms with Crippen molar-refractivity contribution in [2.75, 3.05) is 12.4 Å². The van der Waals surface area contributed by atoms with Gasteiger partial charge in [0.1, 0.15) is 11.8 Å². The minimum Gasteiger partial charge on any atom is -0.495 e. The fraction of sp³-hybridized carbons (Fsp3) is 0.471. The number of anilines is 1. The van der Waals surface area contributed by atoms with Crippen molar-refractivity contribution in [1.82, 2.24) is 0 Å². The molecule has 1 aromatic carbocycles. The second kappa shape index (κ2) is 6.66. The number of amides is 1. The first kappa shape index (κ1) is 15.4. The van der Waals surface area contributed by atoms with E-state index in [0.717, 1.165) is 24.3 Å². The molecule has 114 valence electrons. The maximum atomic E-state index is 11.9. The first-order chi connectivity index (χ1) is 10.0. The number of nitrogens with two attached hydrogens (primary N) is 1. The van der Waals surface area contributed by atoms with Crippen LogP contribution in [0.3, 0.4) is 0 Å². The molecule has 3 unspecified atom stereocenters. The smallest absolute Gasteiger partial charge is 0.240 e. The number of ether oxygens (including phenoxy) is 1. The monoisotopic (exact) mass is 288 g/mol. The van der Waals surface area contributed by atoms with E-state index in [1.54, 1.807) is 7.11 Å². The average Bonchev–Trinajstić information content (AvgIpc) is 2.43. The van der Waals surface area contributed by atoms with Crippen LogP contribution in [0, 0.1) is 11.8 Å². The SMILES string of the molecule is COc1ccccc1NC(C(N)=O)C1CC(C)=CC(C)C1. The van der Waals surface area contributed by atoms with Crippen LogP contribution in [0.25, 0.3) is 0 Å². The highest BCUT2D eigenvalue weighted by atomic mass is 16.5. The van der Waals surface area contributed by atoms with Gasteiger partial charge in [-0.25, -0.2) is 0 Å². The maximum Gasteiger partial charge on any atom is 0.240 e. The number of methoxy groups -OCH3 is 1. The van der Waals surface area contributed by atoms with Crippen molar-refractivity contribution in [2.24, 2.45) is 17.6 Å². The van der Waals surface area contributed by atoms with E-state index in [4.69, 9.17) is 10.5 Å². The molecule has 0 saturated carbocycles. The molecular weight excluding hydrogens is 264 g/mol. The Morgan fingerprint density at radius 3 is 2.76 bits per heavy atom. The first-order valence-corrected chi connectivity index (χ1v) is 7.37. The lowest BCUT2D eigenvalue weighted by Gasteiger charge is -2.32. The quantitative estimate of drug-likeness (QED) is 0.819. The minimum atomic E-state index is -0.382. The number of rotatable bonds is 5. The highest BCUT2D eigenvalue weighted by Gasteiger charge is 2.30. The van der Waals surface area contributed by atoms with Crippen LogP contribution in [-0.2, 0) is 4.79 Å². The number of hydrogen-bond donors (Lipinski definition) is 2. The molecule has 1 aliphatic carbocycles. The summed E-state index contributed by atoms with van der Waals surface area (Å²) in [6.45, 7) is 4.29. The number of carbonyl (C=O) groups is 1. The topological polar surface area (TPSA) is 64.3 Å². The third-order valence-corrected chi connectivity index (χ3v) is 4.02. The lowest BCUT2D eigenvalue weighted by Crippen LogP contribution is -2.43. The molecule has 0 bridgehead atoms. The van der Waals surface area contributed by atoms with Crippen molar-refractivity contribution in [3.63, 3.8) is 0 Å². The molecule has 0 aromatic heterocycles. The zero-order chi connectivity index (χ0) is 15.4. The van der Waals surface area contributed by atoms with E-state index in [1.165, 1.54) is 5.57 Å². The maximum absolute atomic E-state index is 11.9. The van der Waals surface area contributed by atoms with E-state index in [2.05, 4.69) is 25.2 Å². The molecule has 0 aliphatic heterocycles. The summed E-state index contributed by atoms with van der Waals surface area (Å²) >= 11 is 0. The predicted octanol–water partition coefficient (Wildman–Crippen LogP) is 2.95. The van der Waals surface area contributed by atoms with Gasteiger partial charge in [0.25, 0.3) is 0 Å². The van der Waals surface area contributed by atoms with Crippen LogP contribution in [-0.4, -0.2) is 19.1 Å². The number of benzene rings is 1. The molecule has 3 N–H and O–H groups in total. The molecule has 0 spiro atoms. The number of nitrogens with one attached hydrogen (secondary N) is 1. The Hall–Kier alpha value is -1.97. The zero-order valence-electron chi connectivity index (χ0n) is 12.9. The summed E-state index contributed by atoms with van der Waals surface area (Å²) in [4.78, 5) is 11.9. The van der Waals surface area contributed by atoms with E-state index >= 15 is 0 Å². The molecule has 3 atom stereocenters. The number of para-hydroxylation sites is 2. The van der Waals surface area contributed by atoms with Gasteiger partial charge in [0.2, 0.25) is 5.91 Å². The molecule has 0 saturated heterocycles. The molecule has 0 heterocycles. The minimum absolute atomic E-state index is 0.215. The molecule has 0 radical (unpaired) electrons. The Labute approximate surface area is 126 Å². The number of allylic oxidation sites excluding steroid dienone is 2. The summed E-state index contributed by atoms with van der Waals surface area (Å²) in [6, 6.07) is 7.21. The molecule has 0 fully saturated rings. The van der Waals surface area contributed by atoms with Crippen molar-refractivity contribution < 1.29 is 9.53 Å². The molecule has 4 heteroatoms. The van der Waals surface area contributed by atoms with Crippen molar-refractivity contribution in [1.29, 1.82) is 0 Å². The molecule has 21 heavy (non-hydrogen) atoms. The van der Waals surface area contributed by atoms with Crippen LogP contribution < -0.4 is 15.8 Å². The standard InChI is InChI=1S/C17H24N2O2/c1-11-8-12(2)10-13(9-11)16(17(18)20)19-14-6-4-5-7-15(14)21-3/h4-8,11,13,16,19H,9-10H2,1-3H3,(H2,18,20). The lowest BCUT2D eigenvalue weighted by molar-refractivity contribution is -0.119. The third-order valence-electron chi connectivity index (χ3n) is 4.02. The van der Waals surface area contributed by atoms with Crippen LogP contribution >= 0.6 is 0 Å². The Morgan fingerprint density at radius 1 is 1.43 bits per heavy atom. The van der Waals surface area contributed by atoms with Crippen molar-refractivity contribution >= 4 is 11.6 Å². The Bertz CT molecular complexity index is 539. The van der Waals surface area contributed by atoms with Crippen LogP contribution in [0.5, 0.6) is 5.75 Å². The third kappa shape index (κ3) is 3.78. The van der Waals surface area contributed by atoms with Gasteiger partial charge in [0.05, 0.1) is 12.8 Å². The van der Waals surface area contributed by atoms with E-state index in [0.29, 0.717) is 5.92 Å². The highest BCUT2D eigenvalue weighted by Crippen LogP contribution is 2.33. The van der Waals surface area contributed by atoms with E-state index in [-0.39, 0.29) is 17.9 Å². The van der Waals surface area contributed by atoms with Crippen molar-refractivity contribution in [3.05, 3.63) is 35.9 Å². The molecule has 1 aromatic rings. The molecule has 1 aliphatic rings. The summed E-state index contributed by atoms with van der Waals surface area (Å²) in [5.74, 6) is 1.10. The fourth-order valence-corrected chi connectivity index (χ4v) is 3.20. The average molecular weight is 288 g/mol. The van der Waals surface area contributed by atoms with Gasteiger partial charge in [0.15, 0.2) is 0 Å². The van der Waals surface area contributed by atoms with Crippen molar-refractivity contribution in [2.45, 2.75) is 32.7 Å². The van der Waals surface area contributed by atoms with Crippen LogP contribution in [0.2, 0.25) is 0 Å². The summed E-state index contributed by atoms with van der Waals surface area (Å²) in [5.41, 5.74) is 7.77. The molecular formula is C17H24N2O2. The van der Waals surface area contributed by atoms with Gasteiger partial charge in [-0.1, -0.05) is 30.7 Å². The van der Waals surface area contributed by atoms with E-state index in [1.807, 2.05) is 24.3 Å². The normalized spacial score (nSPS) is 23.1. The Kier molecular flexibility index (Phi) is 4.89. The van der Waals surface area contributed by atoms with Gasteiger partial charge < -0.3 is 15.8 Å². The second-order valence-electron chi connectivity index (χ2n) is 5.91. The van der Waals surface area contributed by atoms with Gasteiger partial charge in [-0.05, 0) is 43.7 Å². The Balaban J connectivity index is 2.20. The predicted molar refractivity (Wildman–Crippen MR) is 85.2 cm³/mol. The zero-order valence-corrected chi connectivity index (χ0v) is 12.9. The Morgan fingerprint density at radius 2 is 2.14 bits per heavy atom. The molecule has 1 amide bonds. The van der Waals surface area contributed by atoms with Crippen LogP contribution in [0.15, 0.2) is 35.9 Å². The van der Waals surface area contributed by atoms with Gasteiger partial charge in [-0.15, -0.1) is 0 Å². The summed E-state index contributed by atoms with van der Waals surface area (Å²) < 4.78 is 5.33. The number of carbonyl (C=O) groups excluding carboxylic acids is 1. The van der Waals surface area contributed by atoms with E-state index < -0.39 is 0 Å². The number of primary amides is 1. The van der Waals surface area contributed by atoms with Gasteiger partial charge >= 0.3 is 0 Å².